The number of hydrogen-bond acceptors (Lipinski definition) is 4. The maximum absolute atomic E-state index is 13.6. The summed E-state index contributed by atoms with van der Waals surface area (Å²) in [6.07, 6.45) is -0.746. The summed E-state index contributed by atoms with van der Waals surface area (Å²) in [5, 5.41) is 9.52. The molecule has 1 fully saturated rings. The van der Waals surface area contributed by atoms with Crippen molar-refractivity contribution in [2.45, 2.75) is 24.7 Å². The number of rotatable bonds is 6. The monoisotopic (exact) mass is 334 g/mol. The zero-order chi connectivity index (χ0) is 16.3. The second-order valence-electron chi connectivity index (χ2n) is 5.39. The molecule has 2 unspecified atom stereocenters. The lowest BCUT2D eigenvalue weighted by Gasteiger charge is -2.20. The minimum absolute atomic E-state index is 0.0680. The predicted octanol–water partition coefficient (Wildman–Crippen LogP) is 1.01. The zero-order valence-corrected chi connectivity index (χ0v) is 13.1. The first kappa shape index (κ1) is 17.3. The summed E-state index contributed by atoms with van der Waals surface area (Å²) in [5.41, 5.74) is -0.113. The molecule has 124 valence electrons. The lowest BCUT2D eigenvalue weighted by molar-refractivity contribution is 0.122. The quantitative estimate of drug-likeness (QED) is 0.815. The Morgan fingerprint density at radius 1 is 1.45 bits per heavy atom. The third-order valence-corrected chi connectivity index (χ3v) is 5.72. The third kappa shape index (κ3) is 4.01. The maximum Gasteiger partial charge on any atom is 0.215 e. The highest BCUT2D eigenvalue weighted by Crippen LogP contribution is 2.23. The molecule has 0 radical (unpaired) electrons. The van der Waals surface area contributed by atoms with Crippen molar-refractivity contribution in [2.75, 3.05) is 26.2 Å². The summed E-state index contributed by atoms with van der Waals surface area (Å²) in [6.45, 7) is 2.86. The number of benzene rings is 1. The van der Waals surface area contributed by atoms with E-state index in [1.54, 1.807) is 11.8 Å². The fourth-order valence-electron chi connectivity index (χ4n) is 2.65. The summed E-state index contributed by atoms with van der Waals surface area (Å²) in [7, 11) is -3.37. The molecule has 1 heterocycles. The lowest BCUT2D eigenvalue weighted by atomic mass is 10.1. The summed E-state index contributed by atoms with van der Waals surface area (Å²) in [5.74, 6) is -1.30. The van der Waals surface area contributed by atoms with Crippen LogP contribution in [-0.4, -0.2) is 49.9 Å². The molecule has 22 heavy (non-hydrogen) atoms. The van der Waals surface area contributed by atoms with Crippen molar-refractivity contribution in [3.05, 3.63) is 35.4 Å². The molecule has 0 spiro atoms. The first-order chi connectivity index (χ1) is 10.3. The van der Waals surface area contributed by atoms with Crippen molar-refractivity contribution < 1.29 is 22.3 Å². The van der Waals surface area contributed by atoms with Crippen LogP contribution in [0.4, 0.5) is 8.78 Å². The van der Waals surface area contributed by atoms with Gasteiger partial charge in [0.25, 0.3) is 0 Å². The molecule has 2 N–H and O–H groups in total. The zero-order valence-electron chi connectivity index (χ0n) is 12.3. The molecule has 2 rings (SSSR count). The number of aliphatic hydroxyl groups is 1. The molecular weight excluding hydrogens is 314 g/mol. The van der Waals surface area contributed by atoms with Crippen molar-refractivity contribution in [2.24, 2.45) is 0 Å². The Kier molecular flexibility index (Phi) is 5.49. The van der Waals surface area contributed by atoms with E-state index in [2.05, 4.69) is 4.72 Å². The first-order valence-corrected chi connectivity index (χ1v) is 8.72. The van der Waals surface area contributed by atoms with Gasteiger partial charge in [-0.1, -0.05) is 6.92 Å². The number of aliphatic hydroxyl groups excluding tert-OH is 1. The van der Waals surface area contributed by atoms with Crippen LogP contribution in [-0.2, 0) is 10.0 Å². The van der Waals surface area contributed by atoms with Crippen LogP contribution in [0.25, 0.3) is 0 Å². The van der Waals surface area contributed by atoms with Crippen molar-refractivity contribution in [3.63, 3.8) is 0 Å². The topological polar surface area (TPSA) is 69.6 Å². The van der Waals surface area contributed by atoms with Gasteiger partial charge in [0.2, 0.25) is 10.0 Å². The molecule has 1 aliphatic rings. The molecule has 1 aromatic carbocycles. The van der Waals surface area contributed by atoms with Gasteiger partial charge in [-0.25, -0.2) is 21.9 Å². The van der Waals surface area contributed by atoms with E-state index in [9.17, 15) is 22.3 Å². The van der Waals surface area contributed by atoms with E-state index >= 15 is 0 Å². The molecule has 8 heteroatoms. The Morgan fingerprint density at radius 2 is 2.18 bits per heavy atom. The molecular formula is C14H20F2N2O3S. The number of nitrogens with one attached hydrogen (secondary N) is 1. The van der Waals surface area contributed by atoms with Crippen LogP contribution in [0.2, 0.25) is 0 Å². The first-order valence-electron chi connectivity index (χ1n) is 7.17. The molecule has 2 atom stereocenters. The van der Waals surface area contributed by atoms with E-state index in [4.69, 9.17) is 0 Å². The van der Waals surface area contributed by atoms with Gasteiger partial charge in [-0.15, -0.1) is 0 Å². The van der Waals surface area contributed by atoms with E-state index in [1.165, 1.54) is 0 Å². The summed E-state index contributed by atoms with van der Waals surface area (Å²) in [4.78, 5) is 1.74. The van der Waals surface area contributed by atoms with Crippen molar-refractivity contribution in [1.29, 1.82) is 0 Å². The lowest BCUT2D eigenvalue weighted by Crippen LogP contribution is -2.37. The van der Waals surface area contributed by atoms with Gasteiger partial charge in [0, 0.05) is 25.2 Å². The standard InChI is InChI=1S/C14H20F2N2O3S/c1-2-17-22(20,21)11-5-6-18(8-11)9-14(19)12-7-10(15)3-4-13(12)16/h3-4,7,11,14,17,19H,2,5-6,8-9H2,1H3. The largest absolute Gasteiger partial charge is 0.387 e. The average molecular weight is 334 g/mol. The number of β-amino-alcohol motifs (C(OH)–C–C–N with tert-alkyl or cyclic N) is 1. The second-order valence-corrected chi connectivity index (χ2v) is 7.44. The van der Waals surface area contributed by atoms with Crippen LogP contribution >= 0.6 is 0 Å². The maximum atomic E-state index is 13.6. The molecule has 1 saturated heterocycles. The Hall–Kier alpha value is -1.09. The summed E-state index contributed by atoms with van der Waals surface area (Å²) < 4.78 is 53.1. The van der Waals surface area contributed by atoms with Crippen LogP contribution in [0.1, 0.15) is 25.0 Å². The highest BCUT2D eigenvalue weighted by molar-refractivity contribution is 7.90. The Labute approximate surface area is 129 Å². The number of halogens is 2. The molecule has 0 aliphatic carbocycles. The molecule has 0 amide bonds. The van der Waals surface area contributed by atoms with E-state index in [0.29, 0.717) is 19.5 Å². The van der Waals surface area contributed by atoms with Crippen molar-refractivity contribution in [1.82, 2.24) is 9.62 Å². The normalized spacial score (nSPS) is 21.2. The van der Waals surface area contributed by atoms with Gasteiger partial charge in [-0.3, -0.25) is 4.90 Å². The Morgan fingerprint density at radius 3 is 2.86 bits per heavy atom. The minimum atomic E-state index is -3.37. The smallest absolute Gasteiger partial charge is 0.215 e. The number of likely N-dealkylation sites (tertiary alicyclic amines) is 1. The summed E-state index contributed by atoms with van der Waals surface area (Å²) >= 11 is 0. The fourth-order valence-corrected chi connectivity index (χ4v) is 4.11. The van der Waals surface area contributed by atoms with Gasteiger partial charge in [0.15, 0.2) is 0 Å². The van der Waals surface area contributed by atoms with Crippen LogP contribution in [0.5, 0.6) is 0 Å². The molecule has 1 aromatic rings. The predicted molar refractivity (Wildman–Crippen MR) is 78.8 cm³/mol. The van der Waals surface area contributed by atoms with Crippen molar-refractivity contribution in [3.8, 4) is 0 Å². The van der Waals surface area contributed by atoms with Gasteiger partial charge in [0.05, 0.1) is 11.4 Å². The van der Waals surface area contributed by atoms with Crippen LogP contribution in [0.15, 0.2) is 18.2 Å². The van der Waals surface area contributed by atoms with Gasteiger partial charge >= 0.3 is 0 Å². The number of hydrogen-bond donors (Lipinski definition) is 2. The van der Waals surface area contributed by atoms with Crippen molar-refractivity contribution >= 4 is 10.0 Å². The average Bonchev–Trinajstić information content (AvgIpc) is 2.90. The Balaban J connectivity index is 1.99. The van der Waals surface area contributed by atoms with Crippen LogP contribution in [0.3, 0.4) is 0 Å². The molecule has 1 aliphatic heterocycles. The second kappa shape index (κ2) is 6.99. The SMILES string of the molecule is CCNS(=O)(=O)C1CCN(CC(O)c2cc(F)ccc2F)C1. The van der Waals surface area contributed by atoms with E-state index < -0.39 is 33.0 Å². The highest BCUT2D eigenvalue weighted by atomic mass is 32.2. The molecule has 0 aromatic heterocycles. The fraction of sp³-hybridized carbons (Fsp3) is 0.571. The van der Waals surface area contributed by atoms with E-state index in [0.717, 1.165) is 18.2 Å². The molecule has 0 bridgehead atoms. The number of sulfonamides is 1. The Bertz CT molecular complexity index is 625. The van der Waals surface area contributed by atoms with Crippen LogP contribution in [0, 0.1) is 11.6 Å². The van der Waals surface area contributed by atoms with Gasteiger partial charge < -0.3 is 5.11 Å². The molecule has 0 saturated carbocycles. The van der Waals surface area contributed by atoms with E-state index in [1.807, 2.05) is 0 Å². The number of nitrogens with zero attached hydrogens (tertiary/aromatic N) is 1. The van der Waals surface area contributed by atoms with Gasteiger partial charge in [-0.2, -0.15) is 0 Å². The van der Waals surface area contributed by atoms with Gasteiger partial charge in [-0.05, 0) is 31.2 Å². The summed E-state index contributed by atoms with van der Waals surface area (Å²) in [6, 6.07) is 2.92. The minimum Gasteiger partial charge on any atom is -0.387 e. The highest BCUT2D eigenvalue weighted by Gasteiger charge is 2.33. The van der Waals surface area contributed by atoms with Crippen LogP contribution < -0.4 is 4.72 Å². The van der Waals surface area contributed by atoms with Gasteiger partial charge in [0.1, 0.15) is 11.6 Å². The van der Waals surface area contributed by atoms with E-state index in [-0.39, 0.29) is 18.7 Å². The molecule has 5 nitrogen and oxygen atoms in total. The third-order valence-electron chi connectivity index (χ3n) is 3.76.